The second-order valence-corrected chi connectivity index (χ2v) is 11.9. The number of carboxylic acid groups (broad SMARTS) is 1. The number of fused-ring (bicyclic) bond motifs is 1. The average Bonchev–Trinajstić information content (AvgIpc) is 3.29. The maximum atomic E-state index is 15.6. The summed E-state index contributed by atoms with van der Waals surface area (Å²) in [5.74, 6) is -2.23. The van der Waals surface area contributed by atoms with E-state index in [1.165, 1.54) is 17.0 Å². The largest absolute Gasteiger partial charge is 0.481 e. The molecule has 208 valence electrons. The minimum absolute atomic E-state index is 0.0355. The number of pyridine rings is 1. The Morgan fingerprint density at radius 1 is 1.12 bits per heavy atom. The highest BCUT2D eigenvalue weighted by molar-refractivity contribution is 7.14. The number of aliphatic carboxylic acids is 1. The van der Waals surface area contributed by atoms with Gasteiger partial charge in [-0.2, -0.15) is 4.39 Å². The Bertz CT molecular complexity index is 1590. The summed E-state index contributed by atoms with van der Waals surface area (Å²) in [6.45, 7) is 0. The van der Waals surface area contributed by atoms with Gasteiger partial charge >= 0.3 is 5.97 Å². The van der Waals surface area contributed by atoms with Crippen LogP contribution in [0.15, 0.2) is 42.7 Å². The molecule has 40 heavy (non-hydrogen) atoms. The molecule has 6 rings (SSSR count). The first-order valence-electron chi connectivity index (χ1n) is 13.7. The molecule has 0 radical (unpaired) electrons. The van der Waals surface area contributed by atoms with Crippen LogP contribution in [0.2, 0.25) is 0 Å². The Hall–Kier alpha value is -3.66. The van der Waals surface area contributed by atoms with Crippen molar-refractivity contribution in [3.8, 4) is 22.4 Å². The number of thiazole rings is 1. The van der Waals surface area contributed by atoms with Crippen molar-refractivity contribution in [2.24, 2.45) is 18.9 Å². The summed E-state index contributed by atoms with van der Waals surface area (Å²) in [6.07, 6.45) is 9.49. The lowest BCUT2D eigenvalue weighted by Crippen LogP contribution is -2.39. The van der Waals surface area contributed by atoms with Crippen molar-refractivity contribution in [1.82, 2.24) is 14.5 Å². The normalized spacial score (nSPS) is 16.5. The van der Waals surface area contributed by atoms with Gasteiger partial charge in [0.1, 0.15) is 17.2 Å². The molecule has 0 spiro atoms. The van der Waals surface area contributed by atoms with Crippen LogP contribution in [0.3, 0.4) is 0 Å². The number of anilines is 1. The molecule has 2 fully saturated rings. The second-order valence-electron chi connectivity index (χ2n) is 11.0. The highest BCUT2D eigenvalue weighted by atomic mass is 32.1. The predicted octanol–water partition coefficient (Wildman–Crippen LogP) is 6.81. The van der Waals surface area contributed by atoms with Crippen molar-refractivity contribution >= 4 is 39.4 Å². The van der Waals surface area contributed by atoms with Gasteiger partial charge in [-0.25, -0.2) is 14.4 Å². The van der Waals surface area contributed by atoms with Gasteiger partial charge in [0.15, 0.2) is 5.13 Å². The van der Waals surface area contributed by atoms with Crippen LogP contribution in [0.4, 0.5) is 13.9 Å². The number of aromatic nitrogens is 3. The van der Waals surface area contributed by atoms with E-state index < -0.39 is 22.8 Å². The number of hydrogen-bond acceptors (Lipinski definition) is 5. The van der Waals surface area contributed by atoms with E-state index in [1.807, 2.05) is 29.9 Å². The number of aryl methyl sites for hydroxylation is 1. The van der Waals surface area contributed by atoms with E-state index in [1.54, 1.807) is 12.3 Å². The number of amides is 1. The Labute approximate surface area is 234 Å². The van der Waals surface area contributed by atoms with Crippen LogP contribution >= 0.6 is 11.3 Å². The number of carboxylic acids is 1. The van der Waals surface area contributed by atoms with Crippen molar-refractivity contribution in [3.63, 3.8) is 0 Å². The Morgan fingerprint density at radius 2 is 1.90 bits per heavy atom. The van der Waals surface area contributed by atoms with E-state index in [0.29, 0.717) is 23.5 Å². The van der Waals surface area contributed by atoms with Gasteiger partial charge in [0.05, 0.1) is 6.42 Å². The molecule has 2 saturated carbocycles. The van der Waals surface area contributed by atoms with Gasteiger partial charge in [-0.1, -0.05) is 43.1 Å². The molecule has 0 aliphatic heterocycles. The lowest BCUT2D eigenvalue weighted by Gasteiger charge is -2.26. The van der Waals surface area contributed by atoms with Gasteiger partial charge in [-0.3, -0.25) is 14.5 Å². The highest BCUT2D eigenvalue weighted by Gasteiger charge is 2.40. The van der Waals surface area contributed by atoms with Gasteiger partial charge in [0.25, 0.3) is 0 Å². The molecule has 1 atom stereocenters. The van der Waals surface area contributed by atoms with Crippen molar-refractivity contribution < 1.29 is 23.5 Å². The molecule has 1 amide bonds. The number of halogens is 2. The number of benzene rings is 1. The van der Waals surface area contributed by atoms with Gasteiger partial charge in [0.2, 0.25) is 11.0 Å². The third-order valence-corrected chi connectivity index (χ3v) is 8.89. The number of carbonyl (C=O) groups excluding carboxylic acids is 1. The maximum Gasteiger partial charge on any atom is 0.304 e. The zero-order valence-corrected chi connectivity index (χ0v) is 23.0. The van der Waals surface area contributed by atoms with E-state index in [0.717, 1.165) is 60.9 Å². The highest BCUT2D eigenvalue weighted by Crippen LogP contribution is 2.42. The molecule has 2 aliphatic rings. The second kappa shape index (κ2) is 10.7. The van der Waals surface area contributed by atoms with Gasteiger partial charge < -0.3 is 9.67 Å². The molecule has 1 unspecified atom stereocenters. The van der Waals surface area contributed by atoms with E-state index in [4.69, 9.17) is 0 Å². The van der Waals surface area contributed by atoms with E-state index >= 15 is 4.39 Å². The number of carbonyl (C=O) groups is 2. The fourth-order valence-corrected chi connectivity index (χ4v) is 6.80. The van der Waals surface area contributed by atoms with Crippen molar-refractivity contribution in [2.75, 3.05) is 4.90 Å². The summed E-state index contributed by atoms with van der Waals surface area (Å²) in [7, 11) is 1.90. The smallest absolute Gasteiger partial charge is 0.304 e. The fourth-order valence-electron chi connectivity index (χ4n) is 5.92. The van der Waals surface area contributed by atoms with Crippen molar-refractivity contribution in [1.29, 1.82) is 0 Å². The average molecular weight is 565 g/mol. The predicted molar refractivity (Wildman–Crippen MR) is 150 cm³/mol. The first kappa shape index (κ1) is 26.6. The third-order valence-electron chi connectivity index (χ3n) is 8.05. The van der Waals surface area contributed by atoms with Crippen LogP contribution in [0.5, 0.6) is 0 Å². The molecule has 0 saturated heterocycles. The minimum Gasteiger partial charge on any atom is -0.481 e. The lowest BCUT2D eigenvalue weighted by atomic mass is 9.90. The van der Waals surface area contributed by atoms with Crippen LogP contribution in [0, 0.1) is 22.8 Å². The van der Waals surface area contributed by atoms with Crippen LogP contribution in [0.25, 0.3) is 33.4 Å². The topological polar surface area (TPSA) is 88.3 Å². The van der Waals surface area contributed by atoms with Gasteiger partial charge in [-0.05, 0) is 55.0 Å². The zero-order chi connectivity index (χ0) is 28.0. The summed E-state index contributed by atoms with van der Waals surface area (Å²) >= 11 is 0.747. The van der Waals surface area contributed by atoms with E-state index in [2.05, 4.69) is 9.97 Å². The molecular formula is C30H30F2N4O3S. The number of rotatable bonds is 9. The molecule has 7 nitrogen and oxygen atoms in total. The molecule has 1 N–H and O–H groups in total. The van der Waals surface area contributed by atoms with Crippen molar-refractivity contribution in [3.05, 3.63) is 53.7 Å². The third kappa shape index (κ3) is 5.24. The molecular weight excluding hydrogens is 534 g/mol. The van der Waals surface area contributed by atoms with E-state index in [9.17, 15) is 19.1 Å². The quantitative estimate of drug-likeness (QED) is 0.241. The molecule has 3 heterocycles. The van der Waals surface area contributed by atoms with Crippen LogP contribution < -0.4 is 4.90 Å². The number of hydrogen-bond donors (Lipinski definition) is 1. The molecule has 10 heteroatoms. The monoisotopic (exact) mass is 564 g/mol. The first-order chi connectivity index (χ1) is 19.3. The maximum absolute atomic E-state index is 15.6. The Morgan fingerprint density at radius 3 is 2.62 bits per heavy atom. The molecule has 1 aromatic carbocycles. The molecule has 4 aromatic rings. The Balaban J connectivity index is 1.37. The zero-order valence-electron chi connectivity index (χ0n) is 22.1. The van der Waals surface area contributed by atoms with Crippen LogP contribution in [-0.2, 0) is 16.6 Å². The number of nitrogens with zero attached hydrogens (tertiary/aromatic N) is 4. The van der Waals surface area contributed by atoms with Crippen LogP contribution in [0.1, 0.15) is 51.4 Å². The van der Waals surface area contributed by atoms with Gasteiger partial charge in [0, 0.05) is 47.9 Å². The summed E-state index contributed by atoms with van der Waals surface area (Å²) in [5, 5.41) is 10.0. The lowest BCUT2D eigenvalue weighted by molar-refractivity contribution is -0.141. The summed E-state index contributed by atoms with van der Waals surface area (Å²) in [5.41, 5.74) is 2.29. The molecule has 3 aromatic heterocycles. The Kier molecular flexibility index (Phi) is 7.12. The van der Waals surface area contributed by atoms with Crippen molar-refractivity contribution in [2.45, 2.75) is 57.4 Å². The molecule has 2 aliphatic carbocycles. The summed E-state index contributed by atoms with van der Waals surface area (Å²) in [6, 6.07) is 7.87. The first-order valence-corrected chi connectivity index (χ1v) is 14.5. The minimum atomic E-state index is -1.02. The SMILES string of the molecule is Cn1ccc2cc(-c3ccc(F)cc3-c3nc(N(C(=O)C(CC(=O)O)CC4CCCC4)C4CC4)sc3F)cnc21. The van der Waals surface area contributed by atoms with E-state index in [-0.39, 0.29) is 34.8 Å². The standard InChI is InChI=1S/C30H30F2N4O3S/c1-35-11-10-18-13-20(16-33-28(18)35)23-9-6-21(31)15-24(23)26-27(32)40-30(34-26)36(22-7-8-22)29(39)19(14-25(37)38)12-17-4-2-3-5-17/h6,9-11,13,15-17,19,22H,2-5,7-8,12,14H2,1H3,(H,37,38). The molecule has 0 bridgehead atoms. The summed E-state index contributed by atoms with van der Waals surface area (Å²) < 4.78 is 32.0. The van der Waals surface area contributed by atoms with Crippen LogP contribution in [-0.4, -0.2) is 37.6 Å². The summed E-state index contributed by atoms with van der Waals surface area (Å²) in [4.78, 5) is 36.1. The van der Waals surface area contributed by atoms with Gasteiger partial charge in [-0.15, -0.1) is 0 Å². The fraction of sp³-hybridized carbons (Fsp3) is 0.400.